The van der Waals surface area contributed by atoms with E-state index in [1.165, 1.54) is 13.4 Å². The van der Waals surface area contributed by atoms with Crippen LogP contribution in [-0.2, 0) is 11.3 Å². The van der Waals surface area contributed by atoms with Crippen molar-refractivity contribution in [2.45, 2.75) is 13.5 Å². The van der Waals surface area contributed by atoms with E-state index in [0.29, 0.717) is 23.6 Å². The third-order valence-corrected chi connectivity index (χ3v) is 2.58. The molecule has 0 bridgehead atoms. The third-order valence-electron chi connectivity index (χ3n) is 2.58. The number of carbonyl (C=O) groups is 1. The van der Waals surface area contributed by atoms with Crippen molar-refractivity contribution in [2.24, 2.45) is 0 Å². The molecule has 0 saturated carbocycles. The molecule has 19 heavy (non-hydrogen) atoms. The van der Waals surface area contributed by atoms with Crippen LogP contribution in [0.1, 0.15) is 21.7 Å². The van der Waals surface area contributed by atoms with Gasteiger partial charge in [-0.15, -0.1) is 0 Å². The van der Waals surface area contributed by atoms with Crippen molar-refractivity contribution < 1.29 is 9.53 Å². The van der Waals surface area contributed by atoms with Crippen LogP contribution in [0.15, 0.2) is 30.7 Å². The predicted octanol–water partition coefficient (Wildman–Crippen LogP) is 1.58. The molecule has 0 unspecified atom stereocenters. The Morgan fingerprint density at radius 3 is 2.84 bits per heavy atom. The molecule has 0 saturated heterocycles. The third kappa shape index (κ3) is 3.25. The molecule has 0 aliphatic rings. The topological polar surface area (TPSA) is 77.0 Å². The second-order valence-corrected chi connectivity index (χ2v) is 3.88. The first kappa shape index (κ1) is 12.9. The largest absolute Gasteiger partial charge is 0.465 e. The average Bonchev–Trinajstić information content (AvgIpc) is 2.45. The van der Waals surface area contributed by atoms with Gasteiger partial charge in [-0.3, -0.25) is 0 Å². The molecule has 0 radical (unpaired) electrons. The van der Waals surface area contributed by atoms with Crippen molar-refractivity contribution >= 4 is 11.8 Å². The van der Waals surface area contributed by atoms with E-state index in [2.05, 4.69) is 25.0 Å². The zero-order valence-corrected chi connectivity index (χ0v) is 10.8. The van der Waals surface area contributed by atoms with Crippen molar-refractivity contribution in [3.05, 3.63) is 47.7 Å². The standard InChI is InChI=1S/C13H14N4O2/c1-9-11(13(18)19-2)3-4-12(17-9)15-7-10-5-6-14-8-16-10/h3-6,8H,7H2,1-2H3,(H,15,17). The van der Waals surface area contributed by atoms with Gasteiger partial charge in [0.2, 0.25) is 0 Å². The Kier molecular flexibility index (Phi) is 4.02. The predicted molar refractivity (Wildman–Crippen MR) is 69.7 cm³/mol. The maximum atomic E-state index is 11.4. The fourth-order valence-corrected chi connectivity index (χ4v) is 1.59. The minimum absolute atomic E-state index is 0.382. The molecular weight excluding hydrogens is 244 g/mol. The van der Waals surface area contributed by atoms with Crippen molar-refractivity contribution in [3.63, 3.8) is 0 Å². The molecule has 2 heterocycles. The molecule has 2 aromatic rings. The van der Waals surface area contributed by atoms with Crippen LogP contribution in [0.2, 0.25) is 0 Å². The summed E-state index contributed by atoms with van der Waals surface area (Å²) in [5.41, 5.74) is 1.96. The zero-order chi connectivity index (χ0) is 13.7. The van der Waals surface area contributed by atoms with Gasteiger partial charge in [-0.1, -0.05) is 0 Å². The lowest BCUT2D eigenvalue weighted by molar-refractivity contribution is 0.0599. The van der Waals surface area contributed by atoms with Crippen LogP contribution in [0.5, 0.6) is 0 Å². The van der Waals surface area contributed by atoms with E-state index >= 15 is 0 Å². The van der Waals surface area contributed by atoms with Gasteiger partial charge in [-0.05, 0) is 25.1 Å². The van der Waals surface area contributed by atoms with Gasteiger partial charge in [0.15, 0.2) is 0 Å². The number of carbonyl (C=O) groups excluding carboxylic acids is 1. The molecule has 0 fully saturated rings. The van der Waals surface area contributed by atoms with Gasteiger partial charge in [0.1, 0.15) is 12.1 Å². The number of hydrogen-bond donors (Lipinski definition) is 1. The van der Waals surface area contributed by atoms with Gasteiger partial charge < -0.3 is 10.1 Å². The highest BCUT2D eigenvalue weighted by Gasteiger charge is 2.10. The summed E-state index contributed by atoms with van der Waals surface area (Å²) >= 11 is 0. The number of esters is 1. The number of hydrogen-bond acceptors (Lipinski definition) is 6. The molecule has 0 aromatic carbocycles. The number of nitrogens with zero attached hydrogens (tertiary/aromatic N) is 3. The first-order chi connectivity index (χ1) is 9.20. The van der Waals surface area contributed by atoms with Crippen LogP contribution in [0.3, 0.4) is 0 Å². The van der Waals surface area contributed by atoms with E-state index in [9.17, 15) is 4.79 Å². The molecule has 0 aliphatic heterocycles. The van der Waals surface area contributed by atoms with Crippen LogP contribution in [0.4, 0.5) is 5.82 Å². The Morgan fingerprint density at radius 1 is 1.37 bits per heavy atom. The lowest BCUT2D eigenvalue weighted by atomic mass is 10.2. The number of pyridine rings is 1. The van der Waals surface area contributed by atoms with E-state index in [1.54, 1.807) is 25.3 Å². The normalized spacial score (nSPS) is 10.0. The van der Waals surface area contributed by atoms with Crippen LogP contribution in [0.25, 0.3) is 0 Å². The molecule has 2 rings (SSSR count). The molecular formula is C13H14N4O2. The van der Waals surface area contributed by atoms with Gasteiger partial charge in [0.25, 0.3) is 0 Å². The van der Waals surface area contributed by atoms with E-state index in [-0.39, 0.29) is 5.97 Å². The molecule has 0 spiro atoms. The fraction of sp³-hybridized carbons (Fsp3) is 0.231. The van der Waals surface area contributed by atoms with E-state index in [0.717, 1.165) is 5.69 Å². The van der Waals surface area contributed by atoms with E-state index in [4.69, 9.17) is 0 Å². The number of methoxy groups -OCH3 is 1. The van der Waals surface area contributed by atoms with Crippen molar-refractivity contribution in [1.82, 2.24) is 15.0 Å². The summed E-state index contributed by atoms with van der Waals surface area (Å²) in [5.74, 6) is 0.302. The van der Waals surface area contributed by atoms with Crippen LogP contribution < -0.4 is 5.32 Å². The summed E-state index contributed by atoms with van der Waals surface area (Å²) in [6, 6.07) is 5.25. The highest BCUT2D eigenvalue weighted by Crippen LogP contribution is 2.12. The van der Waals surface area contributed by atoms with Gasteiger partial charge >= 0.3 is 5.97 Å². The quantitative estimate of drug-likeness (QED) is 0.839. The Bertz CT molecular complexity index is 572. The van der Waals surface area contributed by atoms with Crippen molar-refractivity contribution in [2.75, 3.05) is 12.4 Å². The first-order valence-electron chi connectivity index (χ1n) is 5.75. The molecule has 98 valence electrons. The number of aryl methyl sites for hydroxylation is 1. The number of anilines is 1. The second-order valence-electron chi connectivity index (χ2n) is 3.88. The summed E-state index contributed by atoms with van der Waals surface area (Å²) in [7, 11) is 1.35. The van der Waals surface area contributed by atoms with Gasteiger partial charge in [-0.25, -0.2) is 19.7 Å². The molecule has 2 aromatic heterocycles. The minimum Gasteiger partial charge on any atom is -0.465 e. The molecule has 6 heteroatoms. The van der Waals surface area contributed by atoms with Gasteiger partial charge in [-0.2, -0.15) is 0 Å². The van der Waals surface area contributed by atoms with Crippen LogP contribution in [0, 0.1) is 6.92 Å². The lowest BCUT2D eigenvalue weighted by Gasteiger charge is -2.08. The maximum Gasteiger partial charge on any atom is 0.339 e. The summed E-state index contributed by atoms with van der Waals surface area (Å²) in [5, 5.41) is 3.13. The molecule has 0 aliphatic carbocycles. The monoisotopic (exact) mass is 258 g/mol. The highest BCUT2D eigenvalue weighted by atomic mass is 16.5. The van der Waals surface area contributed by atoms with Gasteiger partial charge in [0, 0.05) is 6.20 Å². The average molecular weight is 258 g/mol. The SMILES string of the molecule is COC(=O)c1ccc(NCc2ccncn2)nc1C. The Labute approximate surface area is 110 Å². The Hall–Kier alpha value is -2.50. The van der Waals surface area contributed by atoms with E-state index < -0.39 is 0 Å². The first-order valence-corrected chi connectivity index (χ1v) is 5.75. The summed E-state index contributed by atoms with van der Waals surface area (Å²) < 4.78 is 4.67. The fourth-order valence-electron chi connectivity index (χ4n) is 1.59. The smallest absolute Gasteiger partial charge is 0.339 e. The summed E-state index contributed by atoms with van der Waals surface area (Å²) in [6.45, 7) is 2.31. The molecule has 0 atom stereocenters. The number of rotatable bonds is 4. The molecule has 0 amide bonds. The van der Waals surface area contributed by atoms with Crippen molar-refractivity contribution in [1.29, 1.82) is 0 Å². The second kappa shape index (κ2) is 5.90. The maximum absolute atomic E-state index is 11.4. The van der Waals surface area contributed by atoms with Crippen LogP contribution >= 0.6 is 0 Å². The van der Waals surface area contributed by atoms with Gasteiger partial charge in [0.05, 0.1) is 30.6 Å². The van der Waals surface area contributed by atoms with Crippen LogP contribution in [-0.4, -0.2) is 28.0 Å². The van der Waals surface area contributed by atoms with Crippen molar-refractivity contribution in [3.8, 4) is 0 Å². The van der Waals surface area contributed by atoms with E-state index in [1.807, 2.05) is 6.07 Å². The highest BCUT2D eigenvalue weighted by molar-refractivity contribution is 5.90. The molecule has 6 nitrogen and oxygen atoms in total. The summed E-state index contributed by atoms with van der Waals surface area (Å²) in [4.78, 5) is 23.7. The minimum atomic E-state index is -0.382. The Balaban J connectivity index is 2.06. The number of nitrogens with one attached hydrogen (secondary N) is 1. The Morgan fingerprint density at radius 2 is 2.21 bits per heavy atom. The lowest BCUT2D eigenvalue weighted by Crippen LogP contribution is -2.08. The number of ether oxygens (including phenoxy) is 1. The summed E-state index contributed by atoms with van der Waals surface area (Å²) in [6.07, 6.45) is 3.18. The zero-order valence-electron chi connectivity index (χ0n) is 10.8. The number of aromatic nitrogens is 3. The molecule has 1 N–H and O–H groups in total.